The van der Waals surface area contributed by atoms with Crippen LogP contribution in [0.3, 0.4) is 0 Å². The van der Waals surface area contributed by atoms with E-state index in [1.807, 2.05) is 12.1 Å². The standard InChI is InChI=1S/C64H60N10O4/c65-77-35-33-75-31-29-45-21-23-53(67-45)61-47(41-13-5-1-6-14-41)37-57(71-61)59-39-49(43-17-9-3-10-18-43)63(73-59)55-27-25-51(69-55)52-26-28-56(70-52)64-50(44-19-11-4-12-20-44)40-60(74-64)58-38-48(42-15-7-2-8-16-42)62(72-58)54-24-22-46(68-54)30-32-76-34-36-78-66/h1-28,37-40,67-74H,29-36,65-66H2. The molecule has 390 valence electrons. The van der Waals surface area contributed by atoms with E-state index >= 15 is 0 Å². The third-order valence-corrected chi connectivity index (χ3v) is 14.1. The summed E-state index contributed by atoms with van der Waals surface area (Å²) in [6, 6.07) is 68.0. The first-order valence-electron chi connectivity index (χ1n) is 26.3. The van der Waals surface area contributed by atoms with Crippen LogP contribution in [0.1, 0.15) is 11.4 Å². The van der Waals surface area contributed by atoms with Gasteiger partial charge in [0.05, 0.1) is 119 Å². The average Bonchev–Trinajstić information content (AvgIpc) is 4.35. The quantitative estimate of drug-likeness (QED) is 0.0222. The minimum Gasteiger partial charge on any atom is -0.379 e. The van der Waals surface area contributed by atoms with Crippen LogP contribution in [0.2, 0.25) is 0 Å². The van der Waals surface area contributed by atoms with E-state index < -0.39 is 0 Å². The molecule has 0 amide bonds. The molecule has 0 spiro atoms. The second kappa shape index (κ2) is 23.0. The van der Waals surface area contributed by atoms with Gasteiger partial charge < -0.3 is 59.0 Å². The maximum absolute atomic E-state index is 5.70. The first-order chi connectivity index (χ1) is 38.6. The fourth-order valence-electron chi connectivity index (χ4n) is 10.3. The molecular formula is C64H60N10O4. The molecule has 14 heteroatoms. The van der Waals surface area contributed by atoms with E-state index in [0.717, 1.165) is 148 Å². The average molecular weight is 1030 g/mol. The maximum Gasteiger partial charge on any atom is 0.0913 e. The second-order valence-electron chi connectivity index (χ2n) is 19.2. The molecular weight excluding hydrogens is 973 g/mol. The number of hydrogen-bond donors (Lipinski definition) is 10. The smallest absolute Gasteiger partial charge is 0.0913 e. The summed E-state index contributed by atoms with van der Waals surface area (Å²) >= 11 is 0. The highest BCUT2D eigenvalue weighted by atomic mass is 16.6. The lowest BCUT2D eigenvalue weighted by Crippen LogP contribution is -2.09. The summed E-state index contributed by atoms with van der Waals surface area (Å²) in [6.45, 7) is 2.73. The molecule has 0 atom stereocenters. The summed E-state index contributed by atoms with van der Waals surface area (Å²) in [5.74, 6) is 10.3. The number of H-pyrrole nitrogens is 8. The molecule has 0 radical (unpaired) electrons. The Kier molecular flexibility index (Phi) is 14.7. The molecule has 0 saturated carbocycles. The van der Waals surface area contributed by atoms with Gasteiger partial charge in [0.1, 0.15) is 0 Å². The number of ether oxygens (including phenoxy) is 2. The predicted molar refractivity (Wildman–Crippen MR) is 310 cm³/mol. The van der Waals surface area contributed by atoms with E-state index in [0.29, 0.717) is 39.6 Å². The largest absolute Gasteiger partial charge is 0.379 e. The summed E-state index contributed by atoms with van der Waals surface area (Å²) in [6.07, 6.45) is 1.47. The van der Waals surface area contributed by atoms with Crippen LogP contribution in [0.4, 0.5) is 0 Å². The molecule has 8 aromatic heterocycles. The highest BCUT2D eigenvalue weighted by Crippen LogP contribution is 2.43. The van der Waals surface area contributed by atoms with Crippen LogP contribution in [-0.4, -0.2) is 79.5 Å². The van der Waals surface area contributed by atoms with Gasteiger partial charge in [0, 0.05) is 46.5 Å². The summed E-state index contributed by atoms with van der Waals surface area (Å²) in [5.41, 5.74) is 24.6. The second-order valence-corrected chi connectivity index (χ2v) is 19.2. The Morgan fingerprint density at radius 2 is 0.538 bits per heavy atom. The number of aromatic nitrogens is 8. The molecule has 0 unspecified atom stereocenters. The van der Waals surface area contributed by atoms with Crippen molar-refractivity contribution in [2.45, 2.75) is 12.8 Å². The minimum atomic E-state index is 0.358. The number of nitrogens with two attached hydrogens (primary N) is 2. The summed E-state index contributed by atoms with van der Waals surface area (Å²) < 4.78 is 11.4. The van der Waals surface area contributed by atoms with Gasteiger partial charge in [-0.3, -0.25) is 0 Å². The zero-order valence-corrected chi connectivity index (χ0v) is 42.9. The molecule has 0 aliphatic heterocycles. The molecule has 12 N–H and O–H groups in total. The normalized spacial score (nSPS) is 11.6. The lowest BCUT2D eigenvalue weighted by atomic mass is 10.0. The first-order valence-corrected chi connectivity index (χ1v) is 26.3. The first kappa shape index (κ1) is 49.7. The van der Waals surface area contributed by atoms with Crippen LogP contribution >= 0.6 is 0 Å². The molecule has 4 aromatic carbocycles. The predicted octanol–water partition coefficient (Wildman–Crippen LogP) is 13.5. The van der Waals surface area contributed by atoms with E-state index in [9.17, 15) is 0 Å². The van der Waals surface area contributed by atoms with Crippen molar-refractivity contribution in [1.82, 2.24) is 39.9 Å². The monoisotopic (exact) mass is 1030 g/mol. The molecule has 14 nitrogen and oxygen atoms in total. The third-order valence-electron chi connectivity index (χ3n) is 14.1. The zero-order valence-electron chi connectivity index (χ0n) is 42.9. The van der Waals surface area contributed by atoms with E-state index in [1.165, 1.54) is 0 Å². The molecule has 12 aromatic rings. The van der Waals surface area contributed by atoms with E-state index in [-0.39, 0.29) is 0 Å². The van der Waals surface area contributed by atoms with Crippen LogP contribution in [0, 0.1) is 0 Å². The topological polar surface area (TPSA) is 215 Å². The molecule has 78 heavy (non-hydrogen) atoms. The van der Waals surface area contributed by atoms with E-state index in [1.54, 1.807) is 0 Å². The highest BCUT2D eigenvalue weighted by molar-refractivity contribution is 5.91. The Balaban J connectivity index is 0.865. The van der Waals surface area contributed by atoms with Crippen molar-refractivity contribution in [3.8, 4) is 124 Å². The number of nitrogens with one attached hydrogen (secondary N) is 8. The summed E-state index contributed by atoms with van der Waals surface area (Å²) in [5, 5.41) is 0. The Labute approximate surface area is 451 Å². The molecule has 0 aliphatic rings. The molecule has 12 rings (SSSR count). The van der Waals surface area contributed by atoms with Crippen LogP contribution < -0.4 is 11.8 Å². The zero-order chi connectivity index (χ0) is 52.6. The molecule has 0 saturated heterocycles. The third kappa shape index (κ3) is 10.7. The van der Waals surface area contributed by atoms with Crippen molar-refractivity contribution in [1.29, 1.82) is 0 Å². The van der Waals surface area contributed by atoms with Gasteiger partial charge in [-0.1, -0.05) is 121 Å². The van der Waals surface area contributed by atoms with Crippen molar-refractivity contribution in [3.63, 3.8) is 0 Å². The van der Waals surface area contributed by atoms with Crippen LogP contribution in [0.5, 0.6) is 0 Å². The highest BCUT2D eigenvalue weighted by Gasteiger charge is 2.23. The molecule has 8 heterocycles. The Morgan fingerprint density at radius 3 is 0.846 bits per heavy atom. The van der Waals surface area contributed by atoms with Crippen LogP contribution in [0.25, 0.3) is 124 Å². The number of benzene rings is 4. The van der Waals surface area contributed by atoms with Crippen molar-refractivity contribution in [3.05, 3.63) is 206 Å². The molecule has 0 aliphatic carbocycles. The van der Waals surface area contributed by atoms with Crippen LogP contribution in [-0.2, 0) is 32.0 Å². The van der Waals surface area contributed by atoms with Crippen LogP contribution in [0.15, 0.2) is 194 Å². The van der Waals surface area contributed by atoms with E-state index in [2.05, 4.69) is 232 Å². The minimum absolute atomic E-state index is 0.358. The van der Waals surface area contributed by atoms with Crippen molar-refractivity contribution in [2.24, 2.45) is 11.8 Å². The van der Waals surface area contributed by atoms with Gasteiger partial charge in [0.15, 0.2) is 0 Å². The lowest BCUT2D eigenvalue weighted by molar-refractivity contribution is 0.0488. The Bertz CT molecular complexity index is 3600. The van der Waals surface area contributed by atoms with Gasteiger partial charge in [-0.15, -0.1) is 0 Å². The Hall–Kier alpha value is -9.12. The molecule has 0 fully saturated rings. The number of rotatable bonds is 23. The maximum atomic E-state index is 5.70. The SMILES string of the molecule is NOCCOCCc1ccc(-c2[nH]c(-c3cc(-c4ccccc4)c(-c4ccc(-c5ccc(-c6[nH]c(-c7cc(-c8ccccc8)c(-c8ccc(CCOCCON)[nH]8)[nH]7)cc6-c6ccccc6)[nH]5)[nH]4)[nH]3)cc2-c2ccccc2)[nH]1. The summed E-state index contributed by atoms with van der Waals surface area (Å²) in [7, 11) is 0. The van der Waals surface area contributed by atoms with Crippen molar-refractivity contribution in [2.75, 3.05) is 39.6 Å². The fraction of sp³-hybridized carbons (Fsp3) is 0.125. The Morgan fingerprint density at radius 1 is 0.256 bits per heavy atom. The van der Waals surface area contributed by atoms with Gasteiger partial charge in [0.2, 0.25) is 0 Å². The van der Waals surface area contributed by atoms with Gasteiger partial charge in [-0.2, -0.15) is 0 Å². The molecule has 0 bridgehead atoms. The number of hydrogen-bond acceptors (Lipinski definition) is 6. The fourth-order valence-corrected chi connectivity index (χ4v) is 10.3. The van der Waals surface area contributed by atoms with Crippen molar-refractivity contribution >= 4 is 0 Å². The number of aromatic amines is 8. The van der Waals surface area contributed by atoms with E-state index in [4.69, 9.17) is 21.3 Å². The van der Waals surface area contributed by atoms with Gasteiger partial charge in [-0.05, 0) is 95.1 Å². The summed E-state index contributed by atoms with van der Waals surface area (Å²) in [4.78, 5) is 39.5. The van der Waals surface area contributed by atoms with Gasteiger partial charge in [0.25, 0.3) is 0 Å². The lowest BCUT2D eigenvalue weighted by Gasteiger charge is -2.04. The van der Waals surface area contributed by atoms with Crippen molar-refractivity contribution < 1.29 is 19.1 Å². The van der Waals surface area contributed by atoms with Gasteiger partial charge in [-0.25, -0.2) is 11.8 Å². The van der Waals surface area contributed by atoms with Gasteiger partial charge >= 0.3 is 0 Å².